The van der Waals surface area contributed by atoms with E-state index in [9.17, 15) is 4.79 Å². The van der Waals surface area contributed by atoms with Crippen LogP contribution < -0.4 is 4.90 Å². The van der Waals surface area contributed by atoms with Gasteiger partial charge in [0.25, 0.3) is 0 Å². The Hall–Kier alpha value is -4.17. The van der Waals surface area contributed by atoms with Crippen LogP contribution in [0.25, 0.3) is 27.6 Å². The number of ketones is 1. The molecule has 0 radical (unpaired) electrons. The molecular weight excluding hydrogens is 426 g/mol. The largest absolute Gasteiger partial charge is 0.363 e. The molecule has 0 amide bonds. The number of benzene rings is 5. The highest BCUT2D eigenvalue weighted by atomic mass is 16.1. The lowest BCUT2D eigenvalue weighted by Gasteiger charge is -2.17. The van der Waals surface area contributed by atoms with E-state index in [-0.39, 0.29) is 5.78 Å². The van der Waals surface area contributed by atoms with Crippen LogP contribution in [0.5, 0.6) is 0 Å². The summed E-state index contributed by atoms with van der Waals surface area (Å²) in [5, 5.41) is 4.67. The first kappa shape index (κ1) is 21.4. The molecule has 2 heteroatoms. The van der Waals surface area contributed by atoms with Crippen LogP contribution in [-0.4, -0.2) is 5.78 Å². The van der Waals surface area contributed by atoms with Crippen LogP contribution in [0.2, 0.25) is 0 Å². The number of aryl methyl sites for hydroxylation is 2. The Morgan fingerprint density at radius 2 is 1.26 bits per heavy atom. The van der Waals surface area contributed by atoms with E-state index >= 15 is 0 Å². The number of hydrogen-bond acceptors (Lipinski definition) is 2. The van der Waals surface area contributed by atoms with Gasteiger partial charge >= 0.3 is 0 Å². The van der Waals surface area contributed by atoms with E-state index in [1.165, 1.54) is 33.0 Å². The van der Waals surface area contributed by atoms with Gasteiger partial charge in [-0.05, 0) is 106 Å². The zero-order valence-electron chi connectivity index (χ0n) is 20.1. The topological polar surface area (TPSA) is 20.3 Å². The maximum atomic E-state index is 13.1. The van der Waals surface area contributed by atoms with Gasteiger partial charge in [0.2, 0.25) is 0 Å². The molecule has 0 aromatic heterocycles. The standard InChI is InChI=1S/C33H27NO/c1-22-17-27-20-34(21-28(27)18-23(22)2)29-13-11-24(12-14-29)33(35)16-15-32-30-9-5-3-7-25(30)19-26-8-4-6-10-31(26)32/h3-19H,20-21H2,1-2H3/b16-15+. The quantitative estimate of drug-likeness (QED) is 0.156. The van der Waals surface area contributed by atoms with E-state index < -0.39 is 0 Å². The van der Waals surface area contributed by atoms with Crippen molar-refractivity contribution in [3.8, 4) is 0 Å². The smallest absolute Gasteiger partial charge is 0.185 e. The van der Waals surface area contributed by atoms with Gasteiger partial charge in [0.15, 0.2) is 5.78 Å². The number of fused-ring (bicyclic) bond motifs is 3. The third-order valence-electron chi connectivity index (χ3n) is 7.27. The van der Waals surface area contributed by atoms with Crippen LogP contribution in [0.1, 0.15) is 38.2 Å². The van der Waals surface area contributed by atoms with Gasteiger partial charge in [-0.2, -0.15) is 0 Å². The maximum Gasteiger partial charge on any atom is 0.185 e. The molecule has 0 spiro atoms. The van der Waals surface area contributed by atoms with E-state index in [2.05, 4.69) is 85.5 Å². The highest BCUT2D eigenvalue weighted by Gasteiger charge is 2.20. The summed E-state index contributed by atoms with van der Waals surface area (Å²) in [5.41, 5.74) is 8.44. The van der Waals surface area contributed by atoms with Crippen LogP contribution >= 0.6 is 0 Å². The molecule has 5 aromatic carbocycles. The predicted molar refractivity (Wildman–Crippen MR) is 147 cm³/mol. The molecule has 35 heavy (non-hydrogen) atoms. The number of hydrogen-bond donors (Lipinski definition) is 0. The van der Waals surface area contributed by atoms with E-state index in [0.717, 1.165) is 35.1 Å². The Kier molecular flexibility index (Phi) is 5.22. The molecule has 0 aliphatic carbocycles. The zero-order chi connectivity index (χ0) is 23.9. The fourth-order valence-electron chi connectivity index (χ4n) is 5.20. The molecule has 0 atom stereocenters. The zero-order valence-corrected chi connectivity index (χ0v) is 20.1. The maximum absolute atomic E-state index is 13.1. The van der Waals surface area contributed by atoms with Gasteiger partial charge in [-0.1, -0.05) is 60.7 Å². The van der Waals surface area contributed by atoms with Crippen molar-refractivity contribution in [3.05, 3.63) is 130 Å². The molecule has 1 aliphatic rings. The molecule has 5 aromatic rings. The lowest BCUT2D eigenvalue weighted by Crippen LogP contribution is -2.14. The lowest BCUT2D eigenvalue weighted by molar-refractivity contribution is 0.104. The van der Waals surface area contributed by atoms with E-state index in [1.807, 2.05) is 30.3 Å². The molecule has 0 fully saturated rings. The molecular formula is C33H27NO. The van der Waals surface area contributed by atoms with E-state index in [0.29, 0.717) is 5.56 Å². The first-order chi connectivity index (χ1) is 17.1. The van der Waals surface area contributed by atoms with Crippen molar-refractivity contribution in [3.63, 3.8) is 0 Å². The SMILES string of the molecule is Cc1cc2c(cc1C)CN(c1ccc(C(=O)/C=C/c3c4ccccc4cc4ccccc34)cc1)C2. The van der Waals surface area contributed by atoms with Gasteiger partial charge in [-0.25, -0.2) is 0 Å². The number of allylic oxidation sites excluding steroid dienone is 1. The second-order valence-electron chi connectivity index (χ2n) is 9.54. The molecule has 1 aliphatic heterocycles. The van der Waals surface area contributed by atoms with Crippen molar-refractivity contribution >= 4 is 39.1 Å². The van der Waals surface area contributed by atoms with Gasteiger partial charge in [-0.15, -0.1) is 0 Å². The van der Waals surface area contributed by atoms with Crippen LogP contribution in [-0.2, 0) is 13.1 Å². The minimum absolute atomic E-state index is 0.0181. The van der Waals surface area contributed by atoms with Crippen molar-refractivity contribution < 1.29 is 4.79 Å². The summed E-state index contributed by atoms with van der Waals surface area (Å²) >= 11 is 0. The van der Waals surface area contributed by atoms with Gasteiger partial charge in [-0.3, -0.25) is 4.79 Å². The third kappa shape index (κ3) is 3.91. The average Bonchev–Trinajstić information content (AvgIpc) is 3.29. The first-order valence-corrected chi connectivity index (χ1v) is 12.1. The lowest BCUT2D eigenvalue weighted by atomic mass is 9.96. The summed E-state index contributed by atoms with van der Waals surface area (Å²) in [6, 6.07) is 31.6. The molecule has 0 unspecified atom stereocenters. The van der Waals surface area contributed by atoms with Gasteiger partial charge in [0, 0.05) is 24.3 Å². The van der Waals surface area contributed by atoms with Crippen molar-refractivity contribution in [1.82, 2.24) is 0 Å². The van der Waals surface area contributed by atoms with Crippen molar-refractivity contribution in [2.24, 2.45) is 0 Å². The number of carbonyl (C=O) groups excluding carboxylic acids is 1. The third-order valence-corrected chi connectivity index (χ3v) is 7.27. The predicted octanol–water partition coefficient (Wildman–Crippen LogP) is 8.03. The summed E-state index contributed by atoms with van der Waals surface area (Å²) in [6.45, 7) is 6.18. The summed E-state index contributed by atoms with van der Waals surface area (Å²) in [6.07, 6.45) is 3.68. The number of carbonyl (C=O) groups is 1. The Morgan fingerprint density at radius 1 is 0.714 bits per heavy atom. The highest BCUT2D eigenvalue weighted by molar-refractivity contribution is 6.11. The van der Waals surface area contributed by atoms with Crippen LogP contribution in [0.4, 0.5) is 5.69 Å². The van der Waals surface area contributed by atoms with Crippen LogP contribution in [0.15, 0.2) is 97.1 Å². The Morgan fingerprint density at radius 3 is 1.83 bits per heavy atom. The molecule has 0 bridgehead atoms. The number of anilines is 1. The molecule has 0 saturated carbocycles. The molecule has 170 valence electrons. The first-order valence-electron chi connectivity index (χ1n) is 12.1. The van der Waals surface area contributed by atoms with Crippen molar-refractivity contribution in [1.29, 1.82) is 0 Å². The summed E-state index contributed by atoms with van der Waals surface area (Å²) in [4.78, 5) is 15.4. The minimum atomic E-state index is 0.0181. The Balaban J connectivity index is 1.26. The van der Waals surface area contributed by atoms with Gasteiger partial charge in [0.05, 0.1) is 0 Å². The van der Waals surface area contributed by atoms with Crippen LogP contribution in [0.3, 0.4) is 0 Å². The molecule has 0 saturated heterocycles. The molecule has 6 rings (SSSR count). The second-order valence-corrected chi connectivity index (χ2v) is 9.54. The van der Waals surface area contributed by atoms with E-state index in [4.69, 9.17) is 0 Å². The van der Waals surface area contributed by atoms with Gasteiger partial charge in [0.1, 0.15) is 0 Å². The van der Waals surface area contributed by atoms with Gasteiger partial charge < -0.3 is 4.90 Å². The van der Waals surface area contributed by atoms with Crippen LogP contribution in [0, 0.1) is 13.8 Å². The molecule has 1 heterocycles. The number of rotatable bonds is 4. The summed E-state index contributed by atoms with van der Waals surface area (Å²) in [5.74, 6) is 0.0181. The Bertz CT molecular complexity index is 1540. The molecule has 0 N–H and O–H groups in total. The van der Waals surface area contributed by atoms with E-state index in [1.54, 1.807) is 6.08 Å². The fraction of sp³-hybridized carbons (Fsp3) is 0.121. The normalized spacial score (nSPS) is 13.1. The fourth-order valence-corrected chi connectivity index (χ4v) is 5.20. The molecule has 2 nitrogen and oxygen atoms in total. The minimum Gasteiger partial charge on any atom is -0.363 e. The van der Waals surface area contributed by atoms with Crippen molar-refractivity contribution in [2.75, 3.05) is 4.90 Å². The number of nitrogens with zero attached hydrogens (tertiary/aromatic N) is 1. The second kappa shape index (κ2) is 8.56. The highest BCUT2D eigenvalue weighted by Crippen LogP contribution is 2.31. The summed E-state index contributed by atoms with van der Waals surface area (Å²) in [7, 11) is 0. The Labute approximate surface area is 206 Å². The monoisotopic (exact) mass is 453 g/mol. The average molecular weight is 454 g/mol. The summed E-state index contributed by atoms with van der Waals surface area (Å²) < 4.78 is 0. The van der Waals surface area contributed by atoms with Crippen molar-refractivity contribution in [2.45, 2.75) is 26.9 Å².